The predicted molar refractivity (Wildman–Crippen MR) is 109 cm³/mol. The minimum atomic E-state index is -0.587. The molecule has 1 fully saturated rings. The zero-order valence-corrected chi connectivity index (χ0v) is 16.1. The first-order chi connectivity index (χ1) is 13.5. The summed E-state index contributed by atoms with van der Waals surface area (Å²) < 4.78 is 0. The predicted octanol–water partition coefficient (Wildman–Crippen LogP) is 2.89. The van der Waals surface area contributed by atoms with Crippen LogP contribution in [-0.2, 0) is 11.3 Å². The molecular formula is C23H25N3O2. The molecule has 4 rings (SSSR count). The molecule has 0 bridgehead atoms. The lowest BCUT2D eigenvalue weighted by molar-refractivity contribution is -0.124. The van der Waals surface area contributed by atoms with Crippen LogP contribution >= 0.6 is 0 Å². The van der Waals surface area contributed by atoms with E-state index < -0.39 is 6.04 Å². The van der Waals surface area contributed by atoms with Crippen LogP contribution in [0.15, 0.2) is 61.2 Å². The molecule has 2 aliphatic heterocycles. The van der Waals surface area contributed by atoms with E-state index >= 15 is 0 Å². The summed E-state index contributed by atoms with van der Waals surface area (Å²) in [7, 11) is 0. The van der Waals surface area contributed by atoms with Gasteiger partial charge in [-0.05, 0) is 25.0 Å². The Labute approximate surface area is 165 Å². The monoisotopic (exact) mass is 375 g/mol. The first-order valence-corrected chi connectivity index (χ1v) is 9.73. The lowest BCUT2D eigenvalue weighted by Crippen LogP contribution is -2.48. The maximum Gasteiger partial charge on any atom is 0.259 e. The van der Waals surface area contributed by atoms with Gasteiger partial charge in [0.2, 0.25) is 5.91 Å². The fourth-order valence-electron chi connectivity index (χ4n) is 4.09. The Balaban J connectivity index is 1.36. The molecule has 0 saturated carbocycles. The summed E-state index contributed by atoms with van der Waals surface area (Å²) in [5.74, 6) is -0.283. The van der Waals surface area contributed by atoms with Gasteiger partial charge in [-0.25, -0.2) is 0 Å². The third kappa shape index (κ3) is 3.45. The van der Waals surface area contributed by atoms with Gasteiger partial charge >= 0.3 is 0 Å². The van der Waals surface area contributed by atoms with Crippen molar-refractivity contribution in [2.24, 2.45) is 0 Å². The quantitative estimate of drug-likeness (QED) is 0.874. The molecule has 0 aliphatic carbocycles. The van der Waals surface area contributed by atoms with Gasteiger partial charge in [-0.3, -0.25) is 19.4 Å². The SMILES string of the molecule is C=C1c2ccccc2C(=O)N1[C@@H](C)C(=O)N[C@@H]1CCN(Cc2ccccc2)C1. The zero-order valence-electron chi connectivity index (χ0n) is 16.1. The van der Waals surface area contributed by atoms with Gasteiger partial charge in [0.1, 0.15) is 6.04 Å². The summed E-state index contributed by atoms with van der Waals surface area (Å²) in [5.41, 5.74) is 3.30. The highest BCUT2D eigenvalue weighted by Crippen LogP contribution is 2.32. The summed E-state index contributed by atoms with van der Waals surface area (Å²) in [5, 5.41) is 3.12. The number of hydrogen-bond acceptors (Lipinski definition) is 3. The van der Waals surface area contributed by atoms with Gasteiger partial charge in [-0.1, -0.05) is 55.1 Å². The topological polar surface area (TPSA) is 52.7 Å². The molecule has 2 aliphatic rings. The summed E-state index contributed by atoms with van der Waals surface area (Å²) in [6.07, 6.45) is 0.917. The van der Waals surface area contributed by atoms with E-state index in [9.17, 15) is 9.59 Å². The zero-order chi connectivity index (χ0) is 19.7. The van der Waals surface area contributed by atoms with Gasteiger partial charge < -0.3 is 5.32 Å². The average Bonchev–Trinajstić information content (AvgIpc) is 3.24. The van der Waals surface area contributed by atoms with Crippen LogP contribution in [0.3, 0.4) is 0 Å². The van der Waals surface area contributed by atoms with E-state index in [1.54, 1.807) is 13.0 Å². The van der Waals surface area contributed by atoms with Crippen LogP contribution in [0.1, 0.15) is 34.8 Å². The maximum atomic E-state index is 12.8. The number of hydrogen-bond donors (Lipinski definition) is 1. The molecule has 0 spiro atoms. The van der Waals surface area contributed by atoms with E-state index in [0.29, 0.717) is 11.3 Å². The normalized spacial score (nSPS) is 20.3. The van der Waals surface area contributed by atoms with E-state index in [-0.39, 0.29) is 17.9 Å². The van der Waals surface area contributed by atoms with Gasteiger partial charge in [0, 0.05) is 42.5 Å². The average molecular weight is 375 g/mol. The van der Waals surface area contributed by atoms with Crippen molar-refractivity contribution in [2.75, 3.05) is 13.1 Å². The third-order valence-electron chi connectivity index (χ3n) is 5.61. The van der Waals surface area contributed by atoms with Crippen LogP contribution in [0, 0.1) is 0 Å². The van der Waals surface area contributed by atoms with Crippen molar-refractivity contribution >= 4 is 17.5 Å². The molecule has 0 radical (unpaired) electrons. The summed E-state index contributed by atoms with van der Waals surface area (Å²) >= 11 is 0. The minimum Gasteiger partial charge on any atom is -0.350 e. The van der Waals surface area contributed by atoms with Crippen LogP contribution in [-0.4, -0.2) is 46.8 Å². The first kappa shape index (κ1) is 18.4. The van der Waals surface area contributed by atoms with Crippen LogP contribution < -0.4 is 5.32 Å². The van der Waals surface area contributed by atoms with E-state index in [0.717, 1.165) is 31.6 Å². The Kier molecular flexibility index (Phi) is 5.01. The molecule has 1 saturated heterocycles. The van der Waals surface area contributed by atoms with Gasteiger partial charge in [0.05, 0.1) is 0 Å². The smallest absolute Gasteiger partial charge is 0.259 e. The molecule has 0 aromatic heterocycles. The number of nitrogens with one attached hydrogen (secondary N) is 1. The van der Waals surface area contributed by atoms with Gasteiger partial charge in [-0.2, -0.15) is 0 Å². The van der Waals surface area contributed by atoms with Crippen LogP contribution in [0.2, 0.25) is 0 Å². The van der Waals surface area contributed by atoms with Crippen molar-refractivity contribution in [1.29, 1.82) is 0 Å². The Morgan fingerprint density at radius 3 is 2.54 bits per heavy atom. The Morgan fingerprint density at radius 1 is 1.14 bits per heavy atom. The number of rotatable bonds is 5. The van der Waals surface area contributed by atoms with Gasteiger partial charge in [-0.15, -0.1) is 0 Å². The second kappa shape index (κ2) is 7.60. The molecule has 1 N–H and O–H groups in total. The van der Waals surface area contributed by atoms with Crippen LogP contribution in [0.4, 0.5) is 0 Å². The molecule has 2 aromatic rings. The molecule has 2 amide bonds. The number of amides is 2. The molecule has 5 heteroatoms. The lowest BCUT2D eigenvalue weighted by atomic mass is 10.1. The summed E-state index contributed by atoms with van der Waals surface area (Å²) in [6, 6.07) is 17.2. The van der Waals surface area contributed by atoms with Crippen LogP contribution in [0.25, 0.3) is 5.70 Å². The molecule has 2 aromatic carbocycles. The fraction of sp³-hybridized carbons (Fsp3) is 0.304. The minimum absolute atomic E-state index is 0.104. The highest BCUT2D eigenvalue weighted by molar-refractivity contribution is 6.10. The summed E-state index contributed by atoms with van der Waals surface area (Å²) in [6.45, 7) is 8.47. The van der Waals surface area contributed by atoms with Crippen molar-refractivity contribution in [3.05, 3.63) is 77.9 Å². The Hall–Kier alpha value is -2.92. The molecule has 0 unspecified atom stereocenters. The second-order valence-corrected chi connectivity index (χ2v) is 7.56. The highest BCUT2D eigenvalue weighted by Gasteiger charge is 2.37. The number of fused-ring (bicyclic) bond motifs is 1. The number of carbonyl (C=O) groups excluding carboxylic acids is 2. The van der Waals surface area contributed by atoms with Crippen molar-refractivity contribution in [3.8, 4) is 0 Å². The highest BCUT2D eigenvalue weighted by atomic mass is 16.2. The summed E-state index contributed by atoms with van der Waals surface area (Å²) in [4.78, 5) is 29.4. The van der Waals surface area contributed by atoms with Gasteiger partial charge in [0.25, 0.3) is 5.91 Å². The molecule has 2 heterocycles. The van der Waals surface area contributed by atoms with Crippen molar-refractivity contribution < 1.29 is 9.59 Å². The van der Waals surface area contributed by atoms with Crippen molar-refractivity contribution in [2.45, 2.75) is 32.0 Å². The second-order valence-electron chi connectivity index (χ2n) is 7.56. The third-order valence-corrected chi connectivity index (χ3v) is 5.61. The molecule has 144 valence electrons. The van der Waals surface area contributed by atoms with Crippen molar-refractivity contribution in [1.82, 2.24) is 15.1 Å². The maximum absolute atomic E-state index is 12.8. The van der Waals surface area contributed by atoms with E-state index in [1.807, 2.05) is 36.4 Å². The Bertz CT molecular complexity index is 874. The van der Waals surface area contributed by atoms with E-state index in [2.05, 4.69) is 28.9 Å². The first-order valence-electron chi connectivity index (χ1n) is 9.73. The number of benzene rings is 2. The van der Waals surface area contributed by atoms with Gasteiger partial charge in [0.15, 0.2) is 0 Å². The van der Waals surface area contributed by atoms with Crippen LogP contribution in [0.5, 0.6) is 0 Å². The standard InChI is InChI=1S/C23H25N3O2/c1-16-20-10-6-7-11-21(20)23(28)26(16)17(2)22(27)24-19-12-13-25(15-19)14-18-8-4-3-5-9-18/h3-11,17,19H,1,12-15H2,2H3,(H,24,27)/t17-,19+/m0/s1. The molecule has 2 atom stereocenters. The Morgan fingerprint density at radius 2 is 1.82 bits per heavy atom. The largest absolute Gasteiger partial charge is 0.350 e. The van der Waals surface area contributed by atoms with E-state index in [1.165, 1.54) is 10.5 Å². The van der Waals surface area contributed by atoms with E-state index in [4.69, 9.17) is 0 Å². The lowest BCUT2D eigenvalue weighted by Gasteiger charge is -2.26. The molecule has 5 nitrogen and oxygen atoms in total. The number of nitrogens with zero attached hydrogens (tertiary/aromatic N) is 2. The number of carbonyl (C=O) groups is 2. The number of likely N-dealkylation sites (tertiary alicyclic amines) is 1. The molecule has 28 heavy (non-hydrogen) atoms. The van der Waals surface area contributed by atoms with Crippen molar-refractivity contribution in [3.63, 3.8) is 0 Å². The fourth-order valence-corrected chi connectivity index (χ4v) is 4.09. The molecular weight excluding hydrogens is 350 g/mol.